The highest BCUT2D eigenvalue weighted by Gasteiger charge is 2.27. The number of carbonyl (C=O) groups is 3. The van der Waals surface area contributed by atoms with Gasteiger partial charge in [0.2, 0.25) is 5.91 Å². The molecule has 5 rings (SSSR count). The van der Waals surface area contributed by atoms with Gasteiger partial charge in [-0.3, -0.25) is 24.5 Å². The monoisotopic (exact) mass is 603 g/mol. The fraction of sp³-hybridized carbons (Fsp3) is 0.517. The lowest BCUT2D eigenvalue weighted by Crippen LogP contribution is -2.48. The van der Waals surface area contributed by atoms with Crippen LogP contribution in [0.25, 0.3) is 10.9 Å². The number of piperazine rings is 1. The van der Waals surface area contributed by atoms with E-state index in [1.54, 1.807) is 24.5 Å². The zero-order chi connectivity index (χ0) is 28.4. The van der Waals surface area contributed by atoms with Gasteiger partial charge in [0.05, 0.1) is 23.4 Å². The van der Waals surface area contributed by atoms with Gasteiger partial charge in [-0.25, -0.2) is 5.01 Å². The first-order valence-corrected chi connectivity index (χ1v) is 14.5. The first-order chi connectivity index (χ1) is 19.2. The SMILES string of the molecule is CCCC(=O)c1cnn(C2CCN(NC(=O)c3cn(CC(=O)N4CCN(C)CC4)c4ccc(Cl)cc34)CC2)c1C.Cl. The van der Waals surface area contributed by atoms with E-state index in [0.29, 0.717) is 48.7 Å². The van der Waals surface area contributed by atoms with Crippen molar-refractivity contribution in [3.63, 3.8) is 0 Å². The second-order valence-electron chi connectivity index (χ2n) is 10.9. The van der Waals surface area contributed by atoms with Crippen molar-refractivity contribution in [3.05, 3.63) is 52.4 Å². The average molecular weight is 605 g/mol. The summed E-state index contributed by atoms with van der Waals surface area (Å²) in [4.78, 5) is 43.0. The number of halogens is 2. The van der Waals surface area contributed by atoms with Gasteiger partial charge >= 0.3 is 0 Å². The number of aromatic nitrogens is 3. The molecule has 1 aromatic carbocycles. The van der Waals surface area contributed by atoms with Crippen LogP contribution in [-0.2, 0) is 11.3 Å². The number of ketones is 1. The maximum Gasteiger partial charge on any atom is 0.267 e. The van der Waals surface area contributed by atoms with Crippen molar-refractivity contribution in [2.75, 3.05) is 46.3 Å². The molecule has 0 radical (unpaired) electrons. The fourth-order valence-corrected chi connectivity index (χ4v) is 5.91. The Morgan fingerprint density at radius 3 is 2.44 bits per heavy atom. The Morgan fingerprint density at radius 2 is 1.76 bits per heavy atom. The van der Waals surface area contributed by atoms with Gasteiger partial charge in [-0.15, -0.1) is 12.4 Å². The Morgan fingerprint density at radius 1 is 1.05 bits per heavy atom. The largest absolute Gasteiger partial charge is 0.339 e. The quantitative estimate of drug-likeness (QED) is 0.392. The van der Waals surface area contributed by atoms with Crippen LogP contribution in [0.1, 0.15) is 65.1 Å². The zero-order valence-corrected chi connectivity index (χ0v) is 25.5. The molecule has 2 amide bonds. The summed E-state index contributed by atoms with van der Waals surface area (Å²) in [6.07, 6.45) is 6.41. The van der Waals surface area contributed by atoms with Gasteiger partial charge in [-0.05, 0) is 51.4 Å². The molecule has 0 saturated carbocycles. The number of likely N-dealkylation sites (N-methyl/N-ethyl adjacent to an activating group) is 1. The van der Waals surface area contributed by atoms with Crippen molar-refractivity contribution >= 4 is 52.5 Å². The number of rotatable bonds is 8. The molecule has 222 valence electrons. The molecule has 41 heavy (non-hydrogen) atoms. The smallest absolute Gasteiger partial charge is 0.267 e. The van der Waals surface area contributed by atoms with Crippen LogP contribution in [0, 0.1) is 6.92 Å². The highest BCUT2D eigenvalue weighted by molar-refractivity contribution is 6.31. The molecule has 0 spiro atoms. The number of piperidine rings is 1. The molecule has 0 aliphatic carbocycles. The normalized spacial score (nSPS) is 17.0. The number of hydrazine groups is 1. The van der Waals surface area contributed by atoms with E-state index in [4.69, 9.17) is 11.6 Å². The van der Waals surface area contributed by atoms with E-state index in [-0.39, 0.29) is 42.6 Å². The summed E-state index contributed by atoms with van der Waals surface area (Å²) in [5.41, 5.74) is 5.98. The summed E-state index contributed by atoms with van der Waals surface area (Å²) >= 11 is 6.30. The standard InChI is InChI=1S/C29H38ClN7O3.ClH/c1-4-5-27(38)24-17-31-37(20(24)2)22-8-10-36(11-9-22)32-29(40)25-18-35(26-7-6-21(30)16-23(25)26)19-28(39)34-14-12-33(3)13-15-34;/h6-7,16-18,22H,4-5,8-15,19H2,1-3H3,(H,32,40);1H. The van der Waals surface area contributed by atoms with Crippen molar-refractivity contribution < 1.29 is 14.4 Å². The number of nitrogens with one attached hydrogen (secondary N) is 1. The van der Waals surface area contributed by atoms with E-state index in [0.717, 1.165) is 48.9 Å². The molecule has 4 heterocycles. The van der Waals surface area contributed by atoms with Crippen LogP contribution in [0.2, 0.25) is 5.02 Å². The third kappa shape index (κ3) is 6.77. The molecule has 2 saturated heterocycles. The molecule has 3 aromatic rings. The third-order valence-electron chi connectivity index (χ3n) is 8.14. The zero-order valence-electron chi connectivity index (χ0n) is 23.9. The molecule has 2 aromatic heterocycles. The lowest BCUT2D eigenvalue weighted by molar-refractivity contribution is -0.133. The number of benzene rings is 1. The van der Waals surface area contributed by atoms with E-state index >= 15 is 0 Å². The van der Waals surface area contributed by atoms with Crippen LogP contribution in [0.15, 0.2) is 30.6 Å². The fourth-order valence-electron chi connectivity index (χ4n) is 5.74. The molecular formula is C29H39Cl2N7O3. The van der Waals surface area contributed by atoms with Crippen molar-refractivity contribution in [1.82, 2.24) is 34.6 Å². The molecule has 12 heteroatoms. The second kappa shape index (κ2) is 13.4. The number of carbonyl (C=O) groups excluding carboxylic acids is 3. The molecule has 0 bridgehead atoms. The summed E-state index contributed by atoms with van der Waals surface area (Å²) < 4.78 is 3.82. The van der Waals surface area contributed by atoms with Gasteiger partial charge in [0, 0.05) is 73.5 Å². The van der Waals surface area contributed by atoms with Crippen LogP contribution in [0.5, 0.6) is 0 Å². The minimum atomic E-state index is -0.223. The Labute approximate surface area is 251 Å². The maximum atomic E-state index is 13.5. The van der Waals surface area contributed by atoms with Crippen LogP contribution in [-0.4, -0.2) is 93.1 Å². The molecule has 0 unspecified atom stereocenters. The number of hydrogen-bond acceptors (Lipinski definition) is 6. The maximum absolute atomic E-state index is 13.5. The summed E-state index contributed by atoms with van der Waals surface area (Å²) in [6, 6.07) is 5.61. The summed E-state index contributed by atoms with van der Waals surface area (Å²) in [6.45, 7) is 8.58. The third-order valence-corrected chi connectivity index (χ3v) is 8.38. The molecule has 2 aliphatic rings. The van der Waals surface area contributed by atoms with Crippen molar-refractivity contribution in [3.8, 4) is 0 Å². The van der Waals surface area contributed by atoms with Gasteiger partial charge in [-0.2, -0.15) is 5.10 Å². The summed E-state index contributed by atoms with van der Waals surface area (Å²) in [5.74, 6) is -0.0397. The minimum absolute atomic E-state index is 0. The molecule has 10 nitrogen and oxygen atoms in total. The van der Waals surface area contributed by atoms with E-state index < -0.39 is 0 Å². The topological polar surface area (TPSA) is 95.7 Å². The van der Waals surface area contributed by atoms with E-state index in [2.05, 4.69) is 22.5 Å². The number of amides is 2. The van der Waals surface area contributed by atoms with E-state index in [1.165, 1.54) is 0 Å². The lowest BCUT2D eigenvalue weighted by atomic mass is 10.0. The van der Waals surface area contributed by atoms with E-state index in [9.17, 15) is 14.4 Å². The number of Topliss-reactive ketones (excluding diaryl/α,β-unsaturated/α-hetero) is 1. The van der Waals surface area contributed by atoms with Gasteiger partial charge in [0.25, 0.3) is 5.91 Å². The molecule has 2 fully saturated rings. The highest BCUT2D eigenvalue weighted by Crippen LogP contribution is 2.27. The van der Waals surface area contributed by atoms with Crippen molar-refractivity contribution in [2.24, 2.45) is 0 Å². The predicted molar refractivity (Wildman–Crippen MR) is 162 cm³/mol. The minimum Gasteiger partial charge on any atom is -0.339 e. The van der Waals surface area contributed by atoms with Gasteiger partial charge < -0.3 is 14.4 Å². The Bertz CT molecular complexity index is 1400. The van der Waals surface area contributed by atoms with Gasteiger partial charge in [-0.1, -0.05) is 18.5 Å². The van der Waals surface area contributed by atoms with E-state index in [1.807, 2.05) is 39.1 Å². The van der Waals surface area contributed by atoms with Gasteiger partial charge in [0.1, 0.15) is 6.54 Å². The summed E-state index contributed by atoms with van der Waals surface area (Å²) in [7, 11) is 2.06. The van der Waals surface area contributed by atoms with Crippen LogP contribution in [0.3, 0.4) is 0 Å². The Hall–Kier alpha value is -2.92. The van der Waals surface area contributed by atoms with Crippen LogP contribution >= 0.6 is 24.0 Å². The number of hydrogen-bond donors (Lipinski definition) is 1. The first-order valence-electron chi connectivity index (χ1n) is 14.1. The highest BCUT2D eigenvalue weighted by atomic mass is 35.5. The lowest BCUT2D eigenvalue weighted by Gasteiger charge is -2.32. The Balaban J connectivity index is 0.00000387. The van der Waals surface area contributed by atoms with Crippen molar-refractivity contribution in [2.45, 2.75) is 52.1 Å². The van der Waals surface area contributed by atoms with Crippen LogP contribution < -0.4 is 5.43 Å². The van der Waals surface area contributed by atoms with Crippen molar-refractivity contribution in [1.29, 1.82) is 0 Å². The number of fused-ring (bicyclic) bond motifs is 1. The molecule has 1 N–H and O–H groups in total. The first kappa shape index (κ1) is 31.0. The number of nitrogens with zero attached hydrogens (tertiary/aromatic N) is 6. The average Bonchev–Trinajstić information content (AvgIpc) is 3.49. The molecule has 0 atom stereocenters. The van der Waals surface area contributed by atoms with Gasteiger partial charge in [0.15, 0.2) is 5.78 Å². The second-order valence-corrected chi connectivity index (χ2v) is 11.4. The van der Waals surface area contributed by atoms with Crippen LogP contribution in [0.4, 0.5) is 0 Å². The Kier molecular flexibility index (Phi) is 10.1. The summed E-state index contributed by atoms with van der Waals surface area (Å²) in [5, 5.41) is 7.72. The molecule has 2 aliphatic heterocycles. The molecular weight excluding hydrogens is 565 g/mol. The predicted octanol–water partition coefficient (Wildman–Crippen LogP) is 3.96.